The smallest absolute Gasteiger partial charge is 0.283 e. The Morgan fingerprint density at radius 1 is 1.11 bits per heavy atom. The fourth-order valence-corrected chi connectivity index (χ4v) is 3.46. The lowest BCUT2D eigenvalue weighted by molar-refractivity contribution is 0.162. The molecule has 2 unspecified atom stereocenters. The number of rotatable bonds is 10. The molecule has 0 saturated heterocycles. The predicted octanol–water partition coefficient (Wildman–Crippen LogP) is 7.25. The van der Waals surface area contributed by atoms with Crippen LogP contribution in [0.15, 0.2) is 73.3 Å². The Morgan fingerprint density at radius 2 is 1.64 bits per heavy atom. The number of aliphatic hydroxyl groups excluding tert-OH is 2. The minimum Gasteiger partial charge on any atom is -0.392 e. The highest BCUT2D eigenvalue weighted by molar-refractivity contribution is 7.96. The average Bonchev–Trinajstić information content (AvgIpc) is 2.88. The Bertz CT molecular complexity index is 940. The lowest BCUT2D eigenvalue weighted by Gasteiger charge is -2.30. The van der Waals surface area contributed by atoms with Gasteiger partial charge in [0, 0.05) is 11.7 Å². The van der Waals surface area contributed by atoms with Crippen molar-refractivity contribution in [2.24, 2.45) is 0 Å². The zero-order valence-electron chi connectivity index (χ0n) is 21.0. The second kappa shape index (κ2) is 20.3. The summed E-state index contributed by atoms with van der Waals surface area (Å²) < 4.78 is 26.1. The van der Waals surface area contributed by atoms with E-state index in [1.807, 2.05) is 19.9 Å². The highest BCUT2D eigenvalue weighted by Crippen LogP contribution is 2.26. The molecule has 1 amide bonds. The molecule has 0 heterocycles. The normalized spacial score (nSPS) is 11.7. The van der Waals surface area contributed by atoms with E-state index in [-0.39, 0.29) is 24.3 Å². The number of thiol groups is 1. The zero-order valence-corrected chi connectivity index (χ0v) is 21.9. The molecule has 0 aliphatic heterocycles. The molecule has 0 radical (unpaired) electrons. The molecule has 36 heavy (non-hydrogen) atoms. The van der Waals surface area contributed by atoms with E-state index in [4.69, 9.17) is 11.5 Å². The number of amides is 1. The van der Waals surface area contributed by atoms with Gasteiger partial charge in [-0.25, -0.2) is 8.78 Å². The van der Waals surface area contributed by atoms with Crippen molar-refractivity contribution in [3.63, 3.8) is 0 Å². The van der Waals surface area contributed by atoms with Crippen molar-refractivity contribution in [1.82, 2.24) is 0 Å². The molecule has 0 fully saturated rings. The first-order valence-corrected chi connectivity index (χ1v) is 12.2. The minimum absolute atomic E-state index is 0.0833. The second-order valence-electron chi connectivity index (χ2n) is 7.64. The number of benzene rings is 2. The van der Waals surface area contributed by atoms with Crippen LogP contribution in [0.3, 0.4) is 0 Å². The number of allylic oxidation sites excluding steroid dienone is 2. The zero-order chi connectivity index (χ0) is 27.3. The summed E-state index contributed by atoms with van der Waals surface area (Å²) in [6.45, 7) is 7.33. The molecule has 0 saturated carbocycles. The van der Waals surface area contributed by atoms with E-state index in [0.29, 0.717) is 36.9 Å². The number of hydrogen-bond donors (Lipinski definition) is 3. The summed E-state index contributed by atoms with van der Waals surface area (Å²) in [7, 11) is 0. The third-order valence-corrected chi connectivity index (χ3v) is 5.21. The summed E-state index contributed by atoms with van der Waals surface area (Å²) in [6, 6.07) is 11.4. The summed E-state index contributed by atoms with van der Waals surface area (Å²) >= 11 is 3.96. The van der Waals surface area contributed by atoms with Crippen LogP contribution in [0.1, 0.15) is 57.6 Å². The molecule has 2 rings (SSSR count). The number of aliphatic hydroxyl groups is 2. The van der Waals surface area contributed by atoms with E-state index in [0.717, 1.165) is 6.42 Å². The molecule has 2 N–H and O–H groups in total. The summed E-state index contributed by atoms with van der Waals surface area (Å²) in [4.78, 5) is 13.5. The van der Waals surface area contributed by atoms with Gasteiger partial charge in [-0.3, -0.25) is 4.79 Å². The van der Waals surface area contributed by atoms with Gasteiger partial charge in [-0.1, -0.05) is 56.7 Å². The topological polar surface area (TPSA) is 60.8 Å². The SMILES string of the molecule is C#C/C=C\CC.C=CCO.CCC(CCCC(O)c1ccc(F)cc1)N(C(=O)S)c1ccc(F)cc1. The van der Waals surface area contributed by atoms with Gasteiger partial charge in [0.2, 0.25) is 0 Å². The van der Waals surface area contributed by atoms with Crippen molar-refractivity contribution < 1.29 is 23.8 Å². The van der Waals surface area contributed by atoms with E-state index >= 15 is 0 Å². The molecule has 0 aliphatic rings. The Kier molecular flexibility index (Phi) is 18.6. The molecule has 4 nitrogen and oxygen atoms in total. The summed E-state index contributed by atoms with van der Waals surface area (Å²) in [6.07, 6.45) is 12.9. The monoisotopic (exact) mass is 517 g/mol. The molecule has 0 spiro atoms. The third-order valence-electron chi connectivity index (χ3n) is 5.00. The lowest BCUT2D eigenvalue weighted by atomic mass is 9.99. The van der Waals surface area contributed by atoms with Gasteiger partial charge in [0.25, 0.3) is 5.24 Å². The fraction of sp³-hybridized carbons (Fsp3) is 0.345. The first-order chi connectivity index (χ1) is 17.2. The van der Waals surface area contributed by atoms with Crippen LogP contribution in [0.5, 0.6) is 0 Å². The minimum atomic E-state index is -0.681. The van der Waals surface area contributed by atoms with Crippen LogP contribution in [-0.2, 0) is 0 Å². The van der Waals surface area contributed by atoms with Crippen molar-refractivity contribution in [3.8, 4) is 12.3 Å². The Morgan fingerprint density at radius 3 is 2.03 bits per heavy atom. The quantitative estimate of drug-likeness (QED) is 0.177. The highest BCUT2D eigenvalue weighted by atomic mass is 32.1. The standard InChI is InChI=1S/C20H23F2NO2S.C6H8.C3H6O/c1-2-17(23(20(25)26)18-12-10-16(22)11-13-18)4-3-5-19(24)14-6-8-15(21)9-7-14;1-3-5-6-4-2;1-2-3-4/h6-13,17,19,24H,2-5H2,1H3,(H,25,26);1,5-6H,4H2,2H3;2,4H,1,3H2/b;6-5-;. The number of carbonyl (C=O) groups is 1. The molecule has 0 bridgehead atoms. The van der Waals surface area contributed by atoms with Gasteiger partial charge >= 0.3 is 0 Å². The highest BCUT2D eigenvalue weighted by Gasteiger charge is 2.22. The van der Waals surface area contributed by atoms with Crippen molar-refractivity contribution in [3.05, 3.63) is 90.5 Å². The number of carbonyl (C=O) groups excluding carboxylic acids is 1. The number of anilines is 1. The molecule has 0 aromatic heterocycles. The molecule has 2 atom stereocenters. The Labute approximate surface area is 219 Å². The van der Waals surface area contributed by atoms with Crippen LogP contribution in [0.25, 0.3) is 0 Å². The van der Waals surface area contributed by atoms with Gasteiger partial charge in [-0.2, -0.15) is 0 Å². The molecular weight excluding hydrogens is 480 g/mol. The first kappa shape index (κ1) is 33.1. The van der Waals surface area contributed by atoms with Crippen LogP contribution in [0.4, 0.5) is 19.3 Å². The van der Waals surface area contributed by atoms with Crippen LogP contribution in [0.2, 0.25) is 0 Å². The Hall–Kier alpha value is -2.92. The largest absolute Gasteiger partial charge is 0.392 e. The van der Waals surface area contributed by atoms with Gasteiger partial charge in [0.15, 0.2) is 0 Å². The average molecular weight is 518 g/mol. The van der Waals surface area contributed by atoms with Crippen LogP contribution >= 0.6 is 12.6 Å². The van der Waals surface area contributed by atoms with E-state index in [2.05, 4.69) is 25.1 Å². The summed E-state index contributed by atoms with van der Waals surface area (Å²) in [5.41, 5.74) is 1.26. The van der Waals surface area contributed by atoms with E-state index < -0.39 is 11.3 Å². The number of hydrogen-bond acceptors (Lipinski definition) is 3. The van der Waals surface area contributed by atoms with Gasteiger partial charge in [0.1, 0.15) is 11.6 Å². The maximum atomic E-state index is 13.1. The van der Waals surface area contributed by atoms with E-state index in [1.165, 1.54) is 30.3 Å². The predicted molar refractivity (Wildman–Crippen MR) is 148 cm³/mol. The van der Waals surface area contributed by atoms with E-state index in [1.54, 1.807) is 35.2 Å². The van der Waals surface area contributed by atoms with Crippen LogP contribution < -0.4 is 4.90 Å². The summed E-state index contributed by atoms with van der Waals surface area (Å²) in [5.74, 6) is 1.68. The number of halogens is 2. The van der Waals surface area contributed by atoms with Gasteiger partial charge in [-0.15, -0.1) is 13.0 Å². The lowest BCUT2D eigenvalue weighted by Crippen LogP contribution is -2.37. The third kappa shape index (κ3) is 13.8. The molecular formula is C29H37F2NO3S. The van der Waals surface area contributed by atoms with Crippen molar-refractivity contribution >= 4 is 23.6 Å². The van der Waals surface area contributed by atoms with Gasteiger partial charge in [-0.05, 0) is 80.1 Å². The fourth-order valence-electron chi connectivity index (χ4n) is 3.18. The van der Waals surface area contributed by atoms with Crippen LogP contribution in [0, 0.1) is 24.0 Å². The number of terminal acetylenes is 1. The van der Waals surface area contributed by atoms with Crippen molar-refractivity contribution in [2.45, 2.75) is 58.1 Å². The molecule has 2 aromatic rings. The first-order valence-electron chi connectivity index (χ1n) is 11.8. The van der Waals surface area contributed by atoms with Gasteiger partial charge in [0.05, 0.1) is 12.7 Å². The Balaban J connectivity index is 0.00000104. The van der Waals surface area contributed by atoms with E-state index in [9.17, 15) is 18.7 Å². The van der Waals surface area contributed by atoms with Crippen molar-refractivity contribution in [1.29, 1.82) is 0 Å². The van der Waals surface area contributed by atoms with Crippen LogP contribution in [-0.4, -0.2) is 28.1 Å². The molecule has 196 valence electrons. The van der Waals surface area contributed by atoms with Crippen molar-refractivity contribution in [2.75, 3.05) is 11.5 Å². The molecule has 7 heteroatoms. The maximum absolute atomic E-state index is 13.1. The van der Waals surface area contributed by atoms with Gasteiger partial charge < -0.3 is 15.1 Å². The molecule has 2 aromatic carbocycles. The summed E-state index contributed by atoms with van der Waals surface area (Å²) in [5, 5.41) is 17.6. The molecule has 0 aliphatic carbocycles. The maximum Gasteiger partial charge on any atom is 0.283 e. The second-order valence-corrected chi connectivity index (χ2v) is 8.02. The number of nitrogens with zero attached hydrogens (tertiary/aromatic N) is 1.